The number of benzene rings is 1. The minimum absolute atomic E-state index is 0. The molecule has 6 heteroatoms. The van der Waals surface area contributed by atoms with Gasteiger partial charge < -0.3 is 15.5 Å². The van der Waals surface area contributed by atoms with Crippen molar-refractivity contribution in [2.45, 2.75) is 25.3 Å². The maximum Gasteiger partial charge on any atom is 0.253 e. The van der Waals surface area contributed by atoms with E-state index < -0.39 is 0 Å². The third-order valence-corrected chi connectivity index (χ3v) is 3.41. The third-order valence-electron chi connectivity index (χ3n) is 3.41. The molecule has 2 N–H and O–H groups in total. The minimum Gasteiger partial charge on any atom is -0.345 e. The molecule has 1 fully saturated rings. The molecule has 0 saturated carbocycles. The van der Waals surface area contributed by atoms with Gasteiger partial charge >= 0.3 is 0 Å². The molecule has 116 valence electrons. The molecular weight excluding hydrogens is 290 g/mol. The molecule has 0 aliphatic carbocycles. The molecule has 2 rings (SSSR count). The first-order valence-electron chi connectivity index (χ1n) is 6.94. The second-order valence-electron chi connectivity index (χ2n) is 5.27. The van der Waals surface area contributed by atoms with Crippen LogP contribution in [0.5, 0.6) is 0 Å². The van der Waals surface area contributed by atoms with Gasteiger partial charge in [-0.1, -0.05) is 12.5 Å². The van der Waals surface area contributed by atoms with Crippen molar-refractivity contribution >= 4 is 29.9 Å². The van der Waals surface area contributed by atoms with E-state index in [9.17, 15) is 9.59 Å². The summed E-state index contributed by atoms with van der Waals surface area (Å²) in [6.45, 7) is 0.886. The molecule has 1 aromatic carbocycles. The lowest BCUT2D eigenvalue weighted by atomic mass is 10.0. The number of carbonyl (C=O) groups is 2. The fourth-order valence-corrected chi connectivity index (χ4v) is 2.29. The van der Waals surface area contributed by atoms with Crippen LogP contribution in [0, 0.1) is 0 Å². The van der Waals surface area contributed by atoms with E-state index in [1.165, 1.54) is 4.90 Å². The zero-order valence-electron chi connectivity index (χ0n) is 12.4. The number of rotatable bonds is 3. The summed E-state index contributed by atoms with van der Waals surface area (Å²) < 4.78 is 0. The van der Waals surface area contributed by atoms with E-state index in [1.54, 1.807) is 38.4 Å². The molecule has 1 saturated heterocycles. The number of anilines is 1. The Labute approximate surface area is 131 Å². The highest BCUT2D eigenvalue weighted by Crippen LogP contribution is 2.14. The van der Waals surface area contributed by atoms with E-state index in [0.29, 0.717) is 11.3 Å². The van der Waals surface area contributed by atoms with Crippen LogP contribution in [-0.2, 0) is 4.79 Å². The Morgan fingerprint density at radius 3 is 2.67 bits per heavy atom. The van der Waals surface area contributed by atoms with E-state index in [4.69, 9.17) is 0 Å². The second-order valence-corrected chi connectivity index (χ2v) is 5.27. The summed E-state index contributed by atoms with van der Waals surface area (Å²) in [4.78, 5) is 25.5. The van der Waals surface area contributed by atoms with Gasteiger partial charge in [0.1, 0.15) is 0 Å². The zero-order chi connectivity index (χ0) is 14.5. The van der Waals surface area contributed by atoms with E-state index in [1.807, 2.05) is 0 Å². The number of hydrogen-bond acceptors (Lipinski definition) is 3. The van der Waals surface area contributed by atoms with Gasteiger partial charge in [-0.25, -0.2) is 0 Å². The predicted molar refractivity (Wildman–Crippen MR) is 86.0 cm³/mol. The second kappa shape index (κ2) is 8.00. The maximum atomic E-state index is 12.1. The summed E-state index contributed by atoms with van der Waals surface area (Å²) in [6.07, 6.45) is 3.06. The first kappa shape index (κ1) is 17.5. The van der Waals surface area contributed by atoms with Crippen molar-refractivity contribution < 1.29 is 9.59 Å². The Morgan fingerprint density at radius 2 is 2.05 bits per heavy atom. The molecule has 0 bridgehead atoms. The van der Waals surface area contributed by atoms with Crippen LogP contribution in [0.3, 0.4) is 0 Å². The Hall–Kier alpha value is -1.59. The van der Waals surface area contributed by atoms with Crippen molar-refractivity contribution in [1.29, 1.82) is 0 Å². The Bertz CT molecular complexity index is 499. The average molecular weight is 312 g/mol. The SMILES string of the molecule is CN(C)C(=O)c1cccc(NC(=O)[C@H]2CCCCN2)c1.Cl. The molecule has 21 heavy (non-hydrogen) atoms. The molecule has 1 aliphatic heterocycles. The van der Waals surface area contributed by atoms with Crippen molar-refractivity contribution in [3.8, 4) is 0 Å². The molecule has 1 aliphatic rings. The standard InChI is InChI=1S/C15H21N3O2.ClH/c1-18(2)15(20)11-6-5-7-12(10-11)17-14(19)13-8-3-4-9-16-13;/h5-7,10,13,16H,3-4,8-9H2,1-2H3,(H,17,19);1H/t13-;/m1./s1. The molecule has 0 aromatic heterocycles. The monoisotopic (exact) mass is 311 g/mol. The number of nitrogens with zero attached hydrogens (tertiary/aromatic N) is 1. The highest BCUT2D eigenvalue weighted by molar-refractivity contribution is 5.98. The number of hydrogen-bond donors (Lipinski definition) is 2. The smallest absolute Gasteiger partial charge is 0.253 e. The van der Waals surface area contributed by atoms with Gasteiger partial charge in [-0.3, -0.25) is 9.59 Å². The van der Waals surface area contributed by atoms with E-state index >= 15 is 0 Å². The topological polar surface area (TPSA) is 61.4 Å². The number of carbonyl (C=O) groups excluding carboxylic acids is 2. The fraction of sp³-hybridized carbons (Fsp3) is 0.467. The first-order valence-corrected chi connectivity index (χ1v) is 6.94. The van der Waals surface area contributed by atoms with Crippen LogP contribution in [0.1, 0.15) is 29.6 Å². The minimum atomic E-state index is -0.128. The van der Waals surface area contributed by atoms with E-state index in [2.05, 4.69) is 10.6 Å². The maximum absolute atomic E-state index is 12.1. The molecule has 0 spiro atoms. The van der Waals surface area contributed by atoms with Gasteiger partial charge in [0.15, 0.2) is 0 Å². The molecule has 0 radical (unpaired) electrons. The van der Waals surface area contributed by atoms with Crippen LogP contribution >= 0.6 is 12.4 Å². The number of piperidine rings is 1. The highest BCUT2D eigenvalue weighted by Gasteiger charge is 2.20. The van der Waals surface area contributed by atoms with Gasteiger partial charge in [0.2, 0.25) is 5.91 Å². The zero-order valence-corrected chi connectivity index (χ0v) is 13.2. The number of halogens is 1. The van der Waals surface area contributed by atoms with Gasteiger partial charge in [-0.05, 0) is 37.6 Å². The molecule has 1 aromatic rings. The van der Waals surface area contributed by atoms with Gasteiger partial charge in [-0.15, -0.1) is 12.4 Å². The summed E-state index contributed by atoms with van der Waals surface area (Å²) in [5.74, 6) is -0.101. The van der Waals surface area contributed by atoms with Crippen LogP contribution < -0.4 is 10.6 Å². The largest absolute Gasteiger partial charge is 0.345 e. The molecule has 2 amide bonds. The average Bonchev–Trinajstić information content (AvgIpc) is 2.47. The Kier molecular flexibility index (Phi) is 6.65. The van der Waals surface area contributed by atoms with Crippen molar-refractivity contribution in [3.63, 3.8) is 0 Å². The molecule has 5 nitrogen and oxygen atoms in total. The van der Waals surface area contributed by atoms with Crippen molar-refractivity contribution in [1.82, 2.24) is 10.2 Å². The lowest BCUT2D eigenvalue weighted by Gasteiger charge is -2.22. The lowest BCUT2D eigenvalue weighted by Crippen LogP contribution is -2.43. The van der Waals surface area contributed by atoms with E-state index in [-0.39, 0.29) is 30.3 Å². The van der Waals surface area contributed by atoms with Crippen LogP contribution in [0.25, 0.3) is 0 Å². The fourth-order valence-electron chi connectivity index (χ4n) is 2.29. The lowest BCUT2D eigenvalue weighted by molar-refractivity contribution is -0.118. The van der Waals surface area contributed by atoms with Gasteiger partial charge in [0.25, 0.3) is 5.91 Å². The summed E-state index contributed by atoms with van der Waals surface area (Å²) in [6, 6.07) is 6.91. The molecule has 1 heterocycles. The first-order chi connectivity index (χ1) is 9.58. The molecule has 1 atom stereocenters. The van der Waals surface area contributed by atoms with E-state index in [0.717, 1.165) is 25.8 Å². The summed E-state index contributed by atoms with van der Waals surface area (Å²) in [5, 5.41) is 6.08. The normalized spacial score (nSPS) is 17.5. The Balaban J connectivity index is 0.00000220. The summed E-state index contributed by atoms with van der Waals surface area (Å²) in [5.41, 5.74) is 1.24. The van der Waals surface area contributed by atoms with Crippen LogP contribution in [0.2, 0.25) is 0 Å². The number of amides is 2. The van der Waals surface area contributed by atoms with Crippen LogP contribution in [0.4, 0.5) is 5.69 Å². The molecule has 0 unspecified atom stereocenters. The summed E-state index contributed by atoms with van der Waals surface area (Å²) in [7, 11) is 3.42. The molecular formula is C15H22ClN3O2. The van der Waals surface area contributed by atoms with Crippen molar-refractivity contribution in [3.05, 3.63) is 29.8 Å². The van der Waals surface area contributed by atoms with Crippen molar-refractivity contribution in [2.75, 3.05) is 26.0 Å². The van der Waals surface area contributed by atoms with Gasteiger partial charge in [0, 0.05) is 25.3 Å². The third kappa shape index (κ3) is 4.72. The van der Waals surface area contributed by atoms with Gasteiger partial charge in [-0.2, -0.15) is 0 Å². The highest BCUT2D eigenvalue weighted by atomic mass is 35.5. The number of nitrogens with one attached hydrogen (secondary N) is 2. The Morgan fingerprint density at radius 1 is 1.29 bits per heavy atom. The quantitative estimate of drug-likeness (QED) is 0.896. The predicted octanol–water partition coefficient (Wildman–Crippen LogP) is 1.89. The van der Waals surface area contributed by atoms with Crippen molar-refractivity contribution in [2.24, 2.45) is 0 Å². The summed E-state index contributed by atoms with van der Waals surface area (Å²) >= 11 is 0. The van der Waals surface area contributed by atoms with Crippen LogP contribution in [0.15, 0.2) is 24.3 Å². The van der Waals surface area contributed by atoms with Gasteiger partial charge in [0.05, 0.1) is 6.04 Å². The van der Waals surface area contributed by atoms with Crippen LogP contribution in [-0.4, -0.2) is 43.4 Å².